The Morgan fingerprint density at radius 2 is 1.74 bits per heavy atom. The molecule has 0 radical (unpaired) electrons. The van der Waals surface area contributed by atoms with Crippen molar-refractivity contribution in [3.8, 4) is 11.5 Å². The van der Waals surface area contributed by atoms with Crippen LogP contribution in [0.1, 0.15) is 27.9 Å². The predicted octanol–water partition coefficient (Wildman–Crippen LogP) is 5.53. The second-order valence-electron chi connectivity index (χ2n) is 9.00. The Kier molecular flexibility index (Phi) is 6.64. The van der Waals surface area contributed by atoms with E-state index in [0.29, 0.717) is 42.6 Å². The highest BCUT2D eigenvalue weighted by Crippen LogP contribution is 2.35. The number of ether oxygens (including phenoxy) is 2. The molecule has 5 rings (SSSR count). The summed E-state index contributed by atoms with van der Waals surface area (Å²) in [5, 5.41) is 0.829. The van der Waals surface area contributed by atoms with E-state index >= 15 is 0 Å². The fraction of sp³-hybridized carbons (Fsp3) is 0.250. The van der Waals surface area contributed by atoms with Gasteiger partial charge in [0.05, 0.1) is 37.4 Å². The maximum Gasteiger partial charge on any atom is 0.416 e. The largest absolute Gasteiger partial charge is 0.493 e. The molecule has 0 fully saturated rings. The van der Waals surface area contributed by atoms with E-state index in [4.69, 9.17) is 9.47 Å². The molecule has 3 aromatic carbocycles. The summed E-state index contributed by atoms with van der Waals surface area (Å²) >= 11 is 0. The zero-order valence-electron chi connectivity index (χ0n) is 20.6. The van der Waals surface area contributed by atoms with Crippen LogP contribution < -0.4 is 14.4 Å². The molecule has 0 bridgehead atoms. The number of amides is 1. The lowest BCUT2D eigenvalue weighted by molar-refractivity contribution is -0.137. The van der Waals surface area contributed by atoms with Gasteiger partial charge in [0.1, 0.15) is 12.1 Å². The number of methoxy groups -OCH3 is 2. The average Bonchev–Trinajstić information content (AvgIpc) is 3.30. The molecule has 0 aliphatic carbocycles. The lowest BCUT2D eigenvalue weighted by Crippen LogP contribution is -2.30. The summed E-state index contributed by atoms with van der Waals surface area (Å²) in [6, 6.07) is 11.6. The molecule has 1 amide bonds. The van der Waals surface area contributed by atoms with Gasteiger partial charge in [0.2, 0.25) is 5.91 Å². The van der Waals surface area contributed by atoms with Crippen molar-refractivity contribution in [2.75, 3.05) is 25.7 Å². The summed E-state index contributed by atoms with van der Waals surface area (Å²) in [5.74, 6) is -0.278. The standard InChI is InChI=1S/C28H23F4N3O3/c1-37-25-13-21-22(33-15-34-23(21)14-26(25)38-2)10-16-3-4-24-18(7-16)5-6-35(24)27(36)11-17-8-19(28(30,31)32)12-20(29)9-17/h3-4,7-9,12-15H,5-6,10-11H2,1-2H3. The van der Waals surface area contributed by atoms with Crippen LogP contribution in [0.3, 0.4) is 0 Å². The minimum atomic E-state index is -4.69. The van der Waals surface area contributed by atoms with E-state index in [1.165, 1.54) is 11.2 Å². The number of aromatic nitrogens is 2. The van der Waals surface area contributed by atoms with Crippen LogP contribution in [0.2, 0.25) is 0 Å². The number of halogens is 4. The Morgan fingerprint density at radius 1 is 0.974 bits per heavy atom. The summed E-state index contributed by atoms with van der Waals surface area (Å²) in [5.41, 5.74) is 3.02. The molecule has 0 saturated heterocycles. The highest BCUT2D eigenvalue weighted by atomic mass is 19.4. The fourth-order valence-electron chi connectivity index (χ4n) is 4.78. The van der Waals surface area contributed by atoms with E-state index in [-0.39, 0.29) is 12.0 Å². The van der Waals surface area contributed by atoms with Gasteiger partial charge in [0, 0.05) is 30.1 Å². The quantitative estimate of drug-likeness (QED) is 0.310. The lowest BCUT2D eigenvalue weighted by atomic mass is 10.0. The zero-order valence-corrected chi connectivity index (χ0v) is 20.6. The van der Waals surface area contributed by atoms with Crippen molar-refractivity contribution in [1.82, 2.24) is 9.97 Å². The van der Waals surface area contributed by atoms with Crippen molar-refractivity contribution in [2.45, 2.75) is 25.4 Å². The number of hydrogen-bond donors (Lipinski definition) is 0. The van der Waals surface area contributed by atoms with Crippen LogP contribution in [0.25, 0.3) is 10.9 Å². The number of benzene rings is 3. The van der Waals surface area contributed by atoms with Gasteiger partial charge in [-0.3, -0.25) is 4.79 Å². The number of fused-ring (bicyclic) bond motifs is 2. The van der Waals surface area contributed by atoms with Gasteiger partial charge >= 0.3 is 6.18 Å². The molecule has 6 nitrogen and oxygen atoms in total. The Balaban J connectivity index is 1.37. The van der Waals surface area contributed by atoms with Crippen LogP contribution in [-0.2, 0) is 30.2 Å². The SMILES string of the molecule is COc1cc2ncnc(Cc3ccc4c(c3)CCN4C(=O)Cc3cc(F)cc(C(F)(F)F)c3)c2cc1OC. The molecule has 0 spiro atoms. The highest BCUT2D eigenvalue weighted by Gasteiger charge is 2.32. The number of anilines is 1. The van der Waals surface area contributed by atoms with Gasteiger partial charge in [-0.25, -0.2) is 14.4 Å². The van der Waals surface area contributed by atoms with E-state index in [2.05, 4.69) is 9.97 Å². The van der Waals surface area contributed by atoms with Crippen LogP contribution in [0, 0.1) is 5.82 Å². The van der Waals surface area contributed by atoms with Crippen LogP contribution in [-0.4, -0.2) is 36.6 Å². The van der Waals surface area contributed by atoms with E-state index in [1.54, 1.807) is 20.3 Å². The van der Waals surface area contributed by atoms with Crippen molar-refractivity contribution in [3.05, 3.63) is 88.6 Å². The number of rotatable bonds is 6. The van der Waals surface area contributed by atoms with E-state index in [0.717, 1.165) is 39.9 Å². The number of carbonyl (C=O) groups is 1. The van der Waals surface area contributed by atoms with Crippen molar-refractivity contribution >= 4 is 22.5 Å². The van der Waals surface area contributed by atoms with Crippen molar-refractivity contribution in [1.29, 1.82) is 0 Å². The fourth-order valence-corrected chi connectivity index (χ4v) is 4.78. The molecule has 0 saturated carbocycles. The van der Waals surface area contributed by atoms with Gasteiger partial charge in [0.25, 0.3) is 0 Å². The molecular formula is C28H23F4N3O3. The normalized spacial score (nSPS) is 13.1. The third kappa shape index (κ3) is 4.98. The maximum atomic E-state index is 13.8. The summed E-state index contributed by atoms with van der Waals surface area (Å²) < 4.78 is 63.7. The van der Waals surface area contributed by atoms with Gasteiger partial charge in [-0.05, 0) is 53.4 Å². The van der Waals surface area contributed by atoms with Crippen LogP contribution in [0.15, 0.2) is 54.9 Å². The maximum absolute atomic E-state index is 13.8. The van der Waals surface area contributed by atoms with E-state index in [1.807, 2.05) is 24.3 Å². The molecule has 1 aromatic heterocycles. The molecule has 1 aliphatic heterocycles. The summed E-state index contributed by atoms with van der Waals surface area (Å²) in [6.07, 6.45) is -2.42. The first-order valence-electron chi connectivity index (χ1n) is 11.8. The van der Waals surface area contributed by atoms with Gasteiger partial charge in [-0.1, -0.05) is 12.1 Å². The molecule has 2 heterocycles. The second-order valence-corrected chi connectivity index (χ2v) is 9.00. The molecule has 38 heavy (non-hydrogen) atoms. The third-order valence-corrected chi connectivity index (χ3v) is 6.58. The minimum absolute atomic E-state index is 0.0184. The monoisotopic (exact) mass is 525 g/mol. The third-order valence-electron chi connectivity index (χ3n) is 6.58. The minimum Gasteiger partial charge on any atom is -0.493 e. The first-order valence-corrected chi connectivity index (χ1v) is 11.8. The summed E-state index contributed by atoms with van der Waals surface area (Å²) in [4.78, 5) is 23.3. The predicted molar refractivity (Wildman–Crippen MR) is 133 cm³/mol. The number of nitrogens with zero attached hydrogens (tertiary/aromatic N) is 3. The summed E-state index contributed by atoms with van der Waals surface area (Å²) in [6.45, 7) is 0.395. The number of alkyl halides is 3. The second kappa shape index (κ2) is 9.92. The summed E-state index contributed by atoms with van der Waals surface area (Å²) in [7, 11) is 3.12. The van der Waals surface area contributed by atoms with Gasteiger partial charge in [-0.2, -0.15) is 13.2 Å². The molecule has 10 heteroatoms. The van der Waals surface area contributed by atoms with Crippen molar-refractivity contribution < 1.29 is 31.8 Å². The van der Waals surface area contributed by atoms with Gasteiger partial charge < -0.3 is 14.4 Å². The van der Waals surface area contributed by atoms with Crippen LogP contribution in [0.5, 0.6) is 11.5 Å². The average molecular weight is 526 g/mol. The van der Waals surface area contributed by atoms with Gasteiger partial charge in [-0.15, -0.1) is 0 Å². The smallest absolute Gasteiger partial charge is 0.416 e. The zero-order chi connectivity index (χ0) is 27.0. The molecule has 4 aromatic rings. The number of hydrogen-bond acceptors (Lipinski definition) is 5. The van der Waals surface area contributed by atoms with Crippen molar-refractivity contribution in [3.63, 3.8) is 0 Å². The Hall–Kier alpha value is -4.21. The van der Waals surface area contributed by atoms with Gasteiger partial charge in [0.15, 0.2) is 11.5 Å². The molecular weight excluding hydrogens is 502 g/mol. The molecule has 1 aliphatic rings. The molecule has 0 atom stereocenters. The first-order chi connectivity index (χ1) is 18.2. The Labute approximate surface area is 215 Å². The van der Waals surface area contributed by atoms with Crippen LogP contribution in [0.4, 0.5) is 23.2 Å². The molecule has 0 N–H and O–H groups in total. The first kappa shape index (κ1) is 25.4. The Morgan fingerprint density at radius 3 is 2.47 bits per heavy atom. The van der Waals surface area contributed by atoms with Crippen LogP contribution >= 0.6 is 0 Å². The Bertz CT molecular complexity index is 1540. The van der Waals surface area contributed by atoms with Crippen molar-refractivity contribution in [2.24, 2.45) is 0 Å². The molecule has 0 unspecified atom stereocenters. The molecule has 196 valence electrons. The number of carbonyl (C=O) groups excluding carboxylic acids is 1. The highest BCUT2D eigenvalue weighted by molar-refractivity contribution is 5.96. The lowest BCUT2D eigenvalue weighted by Gasteiger charge is -2.18. The van der Waals surface area contributed by atoms with E-state index < -0.39 is 23.5 Å². The van der Waals surface area contributed by atoms with E-state index in [9.17, 15) is 22.4 Å². The topological polar surface area (TPSA) is 64.6 Å².